The van der Waals surface area contributed by atoms with Crippen molar-refractivity contribution in [2.75, 3.05) is 0 Å². The zero-order valence-corrected chi connectivity index (χ0v) is 10.7. The van der Waals surface area contributed by atoms with E-state index in [1.807, 2.05) is 47.3 Å². The van der Waals surface area contributed by atoms with Crippen molar-refractivity contribution < 1.29 is 10.0 Å². The summed E-state index contributed by atoms with van der Waals surface area (Å²) in [5.74, 6) is -0.537. The number of hydroxylamine groups is 1. The lowest BCUT2D eigenvalue weighted by atomic mass is 10.1. The topological polar surface area (TPSA) is 67.2 Å². The maximum absolute atomic E-state index is 11.4. The molecule has 5 heteroatoms. The van der Waals surface area contributed by atoms with Gasteiger partial charge < -0.3 is 0 Å². The van der Waals surface area contributed by atoms with Crippen molar-refractivity contribution in [3.8, 4) is 0 Å². The largest absolute Gasteiger partial charge is 0.288 e. The lowest BCUT2D eigenvalue weighted by Gasteiger charge is -2.00. The molecule has 0 bridgehead atoms. The van der Waals surface area contributed by atoms with Gasteiger partial charge in [0.15, 0.2) is 0 Å². The van der Waals surface area contributed by atoms with E-state index >= 15 is 0 Å². The second kappa shape index (κ2) is 5.14. The number of hydrogen-bond acceptors (Lipinski definition) is 3. The molecule has 1 heterocycles. The van der Waals surface area contributed by atoms with Crippen LogP contribution in [0.1, 0.15) is 15.9 Å². The van der Waals surface area contributed by atoms with Crippen LogP contribution >= 0.6 is 0 Å². The zero-order valence-electron chi connectivity index (χ0n) is 10.7. The molecule has 0 spiro atoms. The van der Waals surface area contributed by atoms with Gasteiger partial charge in [-0.3, -0.25) is 14.7 Å². The average molecular weight is 267 g/mol. The fourth-order valence-electron chi connectivity index (χ4n) is 2.12. The van der Waals surface area contributed by atoms with Gasteiger partial charge in [-0.05, 0) is 17.7 Å². The Morgan fingerprint density at radius 1 is 1.20 bits per heavy atom. The number of aromatic nitrogens is 2. The molecule has 3 rings (SSSR count). The third-order valence-corrected chi connectivity index (χ3v) is 3.11. The van der Waals surface area contributed by atoms with Crippen LogP contribution in [0.2, 0.25) is 0 Å². The minimum atomic E-state index is -0.537. The summed E-state index contributed by atoms with van der Waals surface area (Å²) < 4.78 is 1.83. The van der Waals surface area contributed by atoms with Gasteiger partial charge in [0.05, 0.1) is 12.1 Å². The van der Waals surface area contributed by atoms with Gasteiger partial charge in [-0.2, -0.15) is 5.10 Å². The van der Waals surface area contributed by atoms with E-state index in [2.05, 4.69) is 5.10 Å². The molecule has 1 amide bonds. The van der Waals surface area contributed by atoms with Gasteiger partial charge in [0.2, 0.25) is 0 Å². The van der Waals surface area contributed by atoms with Crippen molar-refractivity contribution in [1.82, 2.24) is 15.3 Å². The fourth-order valence-corrected chi connectivity index (χ4v) is 2.12. The second-order valence-electron chi connectivity index (χ2n) is 4.53. The number of hydrogen-bond donors (Lipinski definition) is 2. The first-order valence-corrected chi connectivity index (χ1v) is 6.22. The van der Waals surface area contributed by atoms with Crippen LogP contribution in [-0.2, 0) is 6.54 Å². The van der Waals surface area contributed by atoms with E-state index in [4.69, 9.17) is 5.21 Å². The van der Waals surface area contributed by atoms with E-state index < -0.39 is 5.91 Å². The molecule has 0 unspecified atom stereocenters. The summed E-state index contributed by atoms with van der Waals surface area (Å²) in [4.78, 5) is 11.4. The van der Waals surface area contributed by atoms with E-state index in [1.54, 1.807) is 17.6 Å². The fraction of sp³-hybridized carbons (Fsp3) is 0.0667. The molecular weight excluding hydrogens is 254 g/mol. The number of carbonyl (C=O) groups excluding carboxylic acids is 1. The molecule has 3 aromatic rings. The van der Waals surface area contributed by atoms with Crippen molar-refractivity contribution in [3.63, 3.8) is 0 Å². The minimum Gasteiger partial charge on any atom is -0.288 e. The summed E-state index contributed by atoms with van der Waals surface area (Å²) in [7, 11) is 0. The molecule has 1 aromatic heterocycles. The Balaban J connectivity index is 1.92. The van der Waals surface area contributed by atoms with Crippen LogP contribution in [0.5, 0.6) is 0 Å². The predicted molar refractivity (Wildman–Crippen MR) is 74.5 cm³/mol. The predicted octanol–water partition coefficient (Wildman–Crippen LogP) is 2.20. The third-order valence-electron chi connectivity index (χ3n) is 3.11. The molecular formula is C15H13N3O2. The van der Waals surface area contributed by atoms with E-state index in [0.29, 0.717) is 12.1 Å². The lowest BCUT2D eigenvalue weighted by Crippen LogP contribution is -2.18. The molecule has 2 aromatic carbocycles. The van der Waals surface area contributed by atoms with E-state index in [-0.39, 0.29) is 0 Å². The average Bonchev–Trinajstić information content (AvgIpc) is 2.88. The van der Waals surface area contributed by atoms with Crippen LogP contribution in [0, 0.1) is 0 Å². The maximum Gasteiger partial charge on any atom is 0.274 e. The zero-order chi connectivity index (χ0) is 13.9. The van der Waals surface area contributed by atoms with Gasteiger partial charge in [0, 0.05) is 17.1 Å². The smallest absolute Gasteiger partial charge is 0.274 e. The normalized spacial score (nSPS) is 10.7. The van der Waals surface area contributed by atoms with Crippen molar-refractivity contribution in [1.29, 1.82) is 0 Å². The van der Waals surface area contributed by atoms with Gasteiger partial charge in [0.1, 0.15) is 0 Å². The Hall–Kier alpha value is -2.66. The summed E-state index contributed by atoms with van der Waals surface area (Å²) in [6.45, 7) is 0.678. The quantitative estimate of drug-likeness (QED) is 0.564. The van der Waals surface area contributed by atoms with Crippen LogP contribution in [0.15, 0.2) is 54.7 Å². The van der Waals surface area contributed by atoms with Gasteiger partial charge in [-0.15, -0.1) is 0 Å². The minimum absolute atomic E-state index is 0.380. The number of rotatable bonds is 3. The molecule has 20 heavy (non-hydrogen) atoms. The number of nitrogens with zero attached hydrogens (tertiary/aromatic N) is 2. The Bertz CT molecular complexity index is 750. The molecule has 0 saturated carbocycles. The molecule has 0 atom stereocenters. The molecule has 100 valence electrons. The molecule has 0 radical (unpaired) electrons. The second-order valence-corrected chi connectivity index (χ2v) is 4.53. The highest BCUT2D eigenvalue weighted by molar-refractivity contribution is 5.97. The number of benzene rings is 2. The standard InChI is InChI=1S/C15H13N3O2/c19-15(17-20)12-6-7-13-10-18(16-14(13)8-12)9-11-4-2-1-3-5-11/h1-8,10,20H,9H2,(H,17,19). The Kier molecular flexibility index (Phi) is 3.18. The number of fused-ring (bicyclic) bond motifs is 1. The molecule has 0 saturated heterocycles. The van der Waals surface area contributed by atoms with Gasteiger partial charge in [-0.1, -0.05) is 36.4 Å². The highest BCUT2D eigenvalue weighted by atomic mass is 16.5. The van der Waals surface area contributed by atoms with E-state index in [0.717, 1.165) is 16.5 Å². The molecule has 0 fully saturated rings. The van der Waals surface area contributed by atoms with Crippen LogP contribution in [0.4, 0.5) is 0 Å². The Morgan fingerprint density at radius 3 is 2.75 bits per heavy atom. The molecule has 5 nitrogen and oxygen atoms in total. The SMILES string of the molecule is O=C(NO)c1ccc2cn(Cc3ccccc3)nc2c1. The van der Waals surface area contributed by atoms with Gasteiger partial charge in [0.25, 0.3) is 5.91 Å². The van der Waals surface area contributed by atoms with Crippen LogP contribution in [0.25, 0.3) is 10.9 Å². The summed E-state index contributed by atoms with van der Waals surface area (Å²) >= 11 is 0. The monoisotopic (exact) mass is 267 g/mol. The van der Waals surface area contributed by atoms with Crippen molar-refractivity contribution in [3.05, 3.63) is 65.9 Å². The summed E-state index contributed by atoms with van der Waals surface area (Å²) in [6.07, 6.45) is 1.93. The van der Waals surface area contributed by atoms with E-state index in [1.165, 1.54) is 0 Å². The first-order chi connectivity index (χ1) is 9.76. The van der Waals surface area contributed by atoms with Gasteiger partial charge >= 0.3 is 0 Å². The Labute approximate surface area is 115 Å². The maximum atomic E-state index is 11.4. The lowest BCUT2D eigenvalue weighted by molar-refractivity contribution is 0.0706. The third kappa shape index (κ3) is 2.39. The summed E-state index contributed by atoms with van der Waals surface area (Å²) in [5, 5.41) is 14.0. The van der Waals surface area contributed by atoms with E-state index in [9.17, 15) is 4.79 Å². The number of carbonyl (C=O) groups is 1. The van der Waals surface area contributed by atoms with Crippen LogP contribution in [-0.4, -0.2) is 20.9 Å². The Morgan fingerprint density at radius 2 is 2.00 bits per heavy atom. The molecule has 0 aliphatic rings. The summed E-state index contributed by atoms with van der Waals surface area (Å²) in [5.41, 5.74) is 3.88. The molecule has 0 aliphatic heterocycles. The van der Waals surface area contributed by atoms with Crippen LogP contribution < -0.4 is 5.48 Å². The molecule has 2 N–H and O–H groups in total. The number of amides is 1. The van der Waals surface area contributed by atoms with Crippen molar-refractivity contribution >= 4 is 16.8 Å². The first-order valence-electron chi connectivity index (χ1n) is 6.22. The molecule has 0 aliphatic carbocycles. The first kappa shape index (κ1) is 12.4. The summed E-state index contributed by atoms with van der Waals surface area (Å²) in [6, 6.07) is 15.2. The van der Waals surface area contributed by atoms with Crippen molar-refractivity contribution in [2.24, 2.45) is 0 Å². The van der Waals surface area contributed by atoms with Crippen LogP contribution in [0.3, 0.4) is 0 Å². The number of nitrogens with one attached hydrogen (secondary N) is 1. The highest BCUT2D eigenvalue weighted by Gasteiger charge is 2.07. The highest BCUT2D eigenvalue weighted by Crippen LogP contribution is 2.15. The van der Waals surface area contributed by atoms with Gasteiger partial charge in [-0.25, -0.2) is 5.48 Å². The van der Waals surface area contributed by atoms with Crippen molar-refractivity contribution in [2.45, 2.75) is 6.54 Å².